The maximum Gasteiger partial charge on any atom is 0.309 e. The Morgan fingerprint density at radius 2 is 1.93 bits per heavy atom. The predicted octanol–water partition coefficient (Wildman–Crippen LogP) is 2.95. The van der Waals surface area contributed by atoms with Crippen LogP contribution in [0.15, 0.2) is 58.6 Å². The molecule has 2 aromatic rings. The Kier molecular flexibility index (Phi) is 6.51. The SMILES string of the molecule is CSc1ccc(COC(=O)C2CCN(S(=O)(=O)c3cccnc3)CC2)cc1. The van der Waals surface area contributed by atoms with Crippen LogP contribution < -0.4 is 0 Å². The van der Waals surface area contributed by atoms with Gasteiger partial charge in [-0.25, -0.2) is 8.42 Å². The summed E-state index contributed by atoms with van der Waals surface area (Å²) in [5.74, 6) is -0.529. The van der Waals surface area contributed by atoms with E-state index in [0.29, 0.717) is 25.9 Å². The van der Waals surface area contributed by atoms with Gasteiger partial charge in [-0.05, 0) is 48.9 Å². The second kappa shape index (κ2) is 8.86. The fourth-order valence-corrected chi connectivity index (χ4v) is 4.82. The van der Waals surface area contributed by atoms with Gasteiger partial charge in [0.05, 0.1) is 5.92 Å². The van der Waals surface area contributed by atoms with Gasteiger partial charge in [0, 0.05) is 30.4 Å². The molecule has 0 N–H and O–H groups in total. The number of piperidine rings is 1. The van der Waals surface area contributed by atoms with Crippen LogP contribution in [0.5, 0.6) is 0 Å². The first-order chi connectivity index (χ1) is 13.0. The number of carbonyl (C=O) groups is 1. The van der Waals surface area contributed by atoms with E-state index >= 15 is 0 Å². The molecule has 0 bridgehead atoms. The molecule has 1 aromatic heterocycles. The van der Waals surface area contributed by atoms with Gasteiger partial charge < -0.3 is 4.74 Å². The van der Waals surface area contributed by atoms with E-state index in [9.17, 15) is 13.2 Å². The second-order valence-corrected chi connectivity index (χ2v) is 9.14. The lowest BCUT2D eigenvalue weighted by atomic mass is 9.98. The molecule has 3 rings (SSSR count). The monoisotopic (exact) mass is 406 g/mol. The largest absolute Gasteiger partial charge is 0.461 e. The van der Waals surface area contributed by atoms with Crippen molar-refractivity contribution in [1.82, 2.24) is 9.29 Å². The Morgan fingerprint density at radius 3 is 2.52 bits per heavy atom. The van der Waals surface area contributed by atoms with Crippen molar-refractivity contribution in [2.45, 2.75) is 29.2 Å². The van der Waals surface area contributed by atoms with E-state index in [4.69, 9.17) is 4.74 Å². The number of aromatic nitrogens is 1. The summed E-state index contributed by atoms with van der Waals surface area (Å²) in [6, 6.07) is 11.0. The van der Waals surface area contributed by atoms with Crippen LogP contribution in [0.3, 0.4) is 0 Å². The molecule has 0 unspecified atom stereocenters. The third-order valence-corrected chi connectivity index (χ3v) is 7.23. The summed E-state index contributed by atoms with van der Waals surface area (Å²) < 4.78 is 32.0. The second-order valence-electron chi connectivity index (χ2n) is 6.32. The molecular formula is C19H22N2O4S2. The lowest BCUT2D eigenvalue weighted by molar-refractivity contribution is -0.151. The highest BCUT2D eigenvalue weighted by Gasteiger charge is 2.32. The first-order valence-corrected chi connectivity index (χ1v) is 11.4. The summed E-state index contributed by atoms with van der Waals surface area (Å²) in [5, 5.41) is 0. The van der Waals surface area contributed by atoms with Crippen molar-refractivity contribution in [2.24, 2.45) is 5.92 Å². The first-order valence-electron chi connectivity index (χ1n) is 8.70. The first kappa shape index (κ1) is 19.9. The van der Waals surface area contributed by atoms with E-state index in [1.54, 1.807) is 17.8 Å². The fourth-order valence-electron chi connectivity index (χ4n) is 2.97. The number of rotatable bonds is 6. The maximum atomic E-state index is 12.6. The number of ether oxygens (including phenoxy) is 1. The minimum Gasteiger partial charge on any atom is -0.461 e. The lowest BCUT2D eigenvalue weighted by Gasteiger charge is -2.30. The molecule has 1 aliphatic rings. The van der Waals surface area contributed by atoms with Gasteiger partial charge >= 0.3 is 5.97 Å². The molecule has 144 valence electrons. The molecular weight excluding hydrogens is 384 g/mol. The molecule has 0 aliphatic carbocycles. The normalized spacial score (nSPS) is 16.2. The summed E-state index contributed by atoms with van der Waals surface area (Å²) in [6.07, 6.45) is 5.82. The topological polar surface area (TPSA) is 76.6 Å². The Labute approximate surface area is 164 Å². The molecule has 0 atom stereocenters. The van der Waals surface area contributed by atoms with Crippen molar-refractivity contribution in [1.29, 1.82) is 0 Å². The number of sulfonamides is 1. The average Bonchev–Trinajstić information content (AvgIpc) is 2.73. The van der Waals surface area contributed by atoms with Crippen LogP contribution in [0.4, 0.5) is 0 Å². The third kappa shape index (κ3) is 4.88. The van der Waals surface area contributed by atoms with Crippen molar-refractivity contribution in [3.8, 4) is 0 Å². The highest BCUT2D eigenvalue weighted by Crippen LogP contribution is 2.24. The van der Waals surface area contributed by atoms with Gasteiger partial charge in [-0.1, -0.05) is 12.1 Å². The zero-order chi connectivity index (χ0) is 19.3. The zero-order valence-corrected chi connectivity index (χ0v) is 16.7. The number of esters is 1. The summed E-state index contributed by atoms with van der Waals surface area (Å²) >= 11 is 1.66. The van der Waals surface area contributed by atoms with E-state index in [0.717, 1.165) is 10.5 Å². The van der Waals surface area contributed by atoms with Crippen molar-refractivity contribution in [3.63, 3.8) is 0 Å². The van der Waals surface area contributed by atoms with E-state index in [1.807, 2.05) is 30.5 Å². The summed E-state index contributed by atoms with van der Waals surface area (Å²) in [5.41, 5.74) is 0.942. The van der Waals surface area contributed by atoms with Gasteiger partial charge in [0.15, 0.2) is 0 Å². The average molecular weight is 407 g/mol. The number of hydrogen-bond donors (Lipinski definition) is 0. The molecule has 1 fully saturated rings. The molecule has 2 heterocycles. The lowest BCUT2D eigenvalue weighted by Crippen LogP contribution is -2.40. The third-order valence-electron chi connectivity index (χ3n) is 4.60. The summed E-state index contributed by atoms with van der Waals surface area (Å²) in [4.78, 5) is 17.5. The van der Waals surface area contributed by atoms with Crippen molar-refractivity contribution >= 4 is 27.8 Å². The molecule has 0 amide bonds. The fraction of sp³-hybridized carbons (Fsp3) is 0.368. The molecule has 1 aliphatic heterocycles. The molecule has 27 heavy (non-hydrogen) atoms. The number of benzene rings is 1. The number of nitrogens with zero attached hydrogens (tertiary/aromatic N) is 2. The minimum atomic E-state index is -3.56. The van der Waals surface area contributed by atoms with Gasteiger partial charge in [0.2, 0.25) is 10.0 Å². The zero-order valence-electron chi connectivity index (χ0n) is 15.1. The van der Waals surface area contributed by atoms with Crippen LogP contribution in [-0.2, 0) is 26.2 Å². The van der Waals surface area contributed by atoms with Crippen LogP contribution in [0.2, 0.25) is 0 Å². The molecule has 6 nitrogen and oxygen atoms in total. The van der Waals surface area contributed by atoms with Crippen molar-refractivity contribution < 1.29 is 17.9 Å². The molecule has 8 heteroatoms. The summed E-state index contributed by atoms with van der Waals surface area (Å²) in [6.45, 7) is 0.848. The van der Waals surface area contributed by atoms with Crippen molar-refractivity contribution in [2.75, 3.05) is 19.3 Å². The van der Waals surface area contributed by atoms with Gasteiger partial charge in [-0.3, -0.25) is 9.78 Å². The van der Waals surface area contributed by atoms with Gasteiger partial charge in [-0.15, -0.1) is 11.8 Å². The van der Waals surface area contributed by atoms with E-state index in [2.05, 4.69) is 4.98 Å². The quantitative estimate of drug-likeness (QED) is 0.542. The van der Waals surface area contributed by atoms with Gasteiger partial charge in [0.25, 0.3) is 0 Å². The standard InChI is InChI=1S/C19H22N2O4S2/c1-26-17-6-4-15(5-7-17)14-25-19(22)16-8-11-21(12-9-16)27(23,24)18-3-2-10-20-13-18/h2-7,10,13,16H,8-9,11-12,14H2,1H3. The Hall–Kier alpha value is -1.90. The van der Waals surface area contributed by atoms with E-state index in [1.165, 1.54) is 22.8 Å². The molecule has 0 saturated carbocycles. The highest BCUT2D eigenvalue weighted by atomic mass is 32.2. The highest BCUT2D eigenvalue weighted by molar-refractivity contribution is 7.98. The molecule has 1 saturated heterocycles. The number of thioether (sulfide) groups is 1. The predicted molar refractivity (Wildman–Crippen MR) is 104 cm³/mol. The van der Waals surface area contributed by atoms with Crippen LogP contribution in [-0.4, -0.2) is 43.0 Å². The molecule has 0 spiro atoms. The van der Waals surface area contributed by atoms with Gasteiger partial charge in [0.1, 0.15) is 11.5 Å². The Balaban J connectivity index is 1.51. The van der Waals surface area contributed by atoms with Crippen LogP contribution in [0, 0.1) is 5.92 Å². The minimum absolute atomic E-state index is 0.180. The van der Waals surface area contributed by atoms with Gasteiger partial charge in [-0.2, -0.15) is 4.31 Å². The van der Waals surface area contributed by atoms with Crippen LogP contribution >= 0.6 is 11.8 Å². The maximum absolute atomic E-state index is 12.6. The van der Waals surface area contributed by atoms with E-state index in [-0.39, 0.29) is 23.4 Å². The van der Waals surface area contributed by atoms with Crippen LogP contribution in [0.25, 0.3) is 0 Å². The molecule has 1 aromatic carbocycles. The number of carbonyl (C=O) groups excluding carboxylic acids is 1. The summed E-state index contributed by atoms with van der Waals surface area (Å²) in [7, 11) is -3.56. The Morgan fingerprint density at radius 1 is 1.22 bits per heavy atom. The Bertz CT molecular complexity index is 862. The van der Waals surface area contributed by atoms with E-state index < -0.39 is 10.0 Å². The number of hydrogen-bond acceptors (Lipinski definition) is 6. The molecule has 0 radical (unpaired) electrons. The van der Waals surface area contributed by atoms with Crippen molar-refractivity contribution in [3.05, 3.63) is 54.4 Å². The number of pyridine rings is 1. The smallest absolute Gasteiger partial charge is 0.309 e. The van der Waals surface area contributed by atoms with Crippen LogP contribution in [0.1, 0.15) is 18.4 Å².